The molecule has 1 unspecified atom stereocenters. The predicted octanol–water partition coefficient (Wildman–Crippen LogP) is 17.9. The summed E-state index contributed by atoms with van der Waals surface area (Å²) in [7, 11) is 0. The van der Waals surface area contributed by atoms with Crippen LogP contribution in [0.4, 0.5) is 4.39 Å². The molecule has 0 bridgehead atoms. The number of hydrogen-bond acceptors (Lipinski definition) is 2. The first-order chi connectivity index (χ1) is 29.1. The number of unbranched alkanes of at least 4 members (excludes halogenated alkanes) is 28. The molecule has 3 aromatic carbocycles. The fourth-order valence-electron chi connectivity index (χ4n) is 9.85. The van der Waals surface area contributed by atoms with E-state index in [1.807, 2.05) is 6.07 Å². The van der Waals surface area contributed by atoms with Crippen LogP contribution in [0.1, 0.15) is 230 Å². The molecule has 0 aromatic heterocycles. The number of halogens is 1. The van der Waals surface area contributed by atoms with Crippen LogP contribution >= 0.6 is 0 Å². The number of benzene rings is 3. The summed E-state index contributed by atoms with van der Waals surface area (Å²) in [4.78, 5) is 0. The molecule has 0 heterocycles. The Morgan fingerprint density at radius 3 is 1.36 bits per heavy atom. The van der Waals surface area contributed by atoms with Gasteiger partial charge in [0.15, 0.2) is 0 Å². The van der Waals surface area contributed by atoms with Crippen LogP contribution in [0.3, 0.4) is 0 Å². The maximum Gasteiger partial charge on any atom is 0.123 e. The van der Waals surface area contributed by atoms with Crippen molar-refractivity contribution < 1.29 is 13.9 Å². The fourth-order valence-corrected chi connectivity index (χ4v) is 9.85. The van der Waals surface area contributed by atoms with E-state index in [0.717, 1.165) is 37.6 Å². The molecule has 330 valence electrons. The van der Waals surface area contributed by atoms with E-state index in [2.05, 4.69) is 69.3 Å². The molecular weight excluding hydrogens is 724 g/mol. The Balaban J connectivity index is 0.900. The lowest BCUT2D eigenvalue weighted by atomic mass is 9.65. The van der Waals surface area contributed by atoms with Crippen molar-refractivity contribution in [3.63, 3.8) is 0 Å². The van der Waals surface area contributed by atoms with Gasteiger partial charge in [0.25, 0.3) is 0 Å². The first kappa shape index (κ1) is 49.0. The van der Waals surface area contributed by atoms with Crippen LogP contribution in [0.25, 0.3) is 11.1 Å². The van der Waals surface area contributed by atoms with Crippen LogP contribution in [-0.2, 0) is 10.2 Å². The lowest BCUT2D eigenvalue weighted by Crippen LogP contribution is -2.33. The summed E-state index contributed by atoms with van der Waals surface area (Å²) in [6, 6.07) is 22.4. The largest absolute Gasteiger partial charge is 0.494 e. The molecule has 1 aliphatic carbocycles. The van der Waals surface area contributed by atoms with Gasteiger partial charge in [-0.3, -0.25) is 0 Å². The topological polar surface area (TPSA) is 18.5 Å². The van der Waals surface area contributed by atoms with Gasteiger partial charge in [-0.1, -0.05) is 237 Å². The molecule has 0 radical (unpaired) electrons. The van der Waals surface area contributed by atoms with Gasteiger partial charge in [-0.25, -0.2) is 4.39 Å². The first-order valence-electron chi connectivity index (χ1n) is 25.3. The van der Waals surface area contributed by atoms with Gasteiger partial charge >= 0.3 is 0 Å². The summed E-state index contributed by atoms with van der Waals surface area (Å²) in [5, 5.41) is 0. The Morgan fingerprint density at radius 2 is 0.881 bits per heavy atom. The van der Waals surface area contributed by atoms with E-state index in [9.17, 15) is 4.39 Å². The third-order valence-electron chi connectivity index (χ3n) is 13.3. The van der Waals surface area contributed by atoms with Gasteiger partial charge in [0, 0.05) is 18.6 Å². The van der Waals surface area contributed by atoms with Gasteiger partial charge in [-0.2, -0.15) is 0 Å². The molecule has 0 saturated heterocycles. The van der Waals surface area contributed by atoms with Crippen LogP contribution in [0.15, 0.2) is 66.7 Å². The molecular formula is C56H87FO2. The highest BCUT2D eigenvalue weighted by molar-refractivity contribution is 5.84. The van der Waals surface area contributed by atoms with Gasteiger partial charge in [0.1, 0.15) is 11.6 Å². The lowest BCUT2D eigenvalue weighted by molar-refractivity contribution is 0.125. The van der Waals surface area contributed by atoms with Gasteiger partial charge in [-0.05, 0) is 77.3 Å². The monoisotopic (exact) mass is 811 g/mol. The van der Waals surface area contributed by atoms with Gasteiger partial charge in [-0.15, -0.1) is 0 Å². The molecule has 0 amide bonds. The fraction of sp³-hybridized carbons (Fsp3) is 0.679. The number of rotatable bonds is 37. The van der Waals surface area contributed by atoms with Crippen molar-refractivity contribution in [2.75, 3.05) is 19.8 Å². The number of ether oxygens (including phenoxy) is 2. The van der Waals surface area contributed by atoms with Crippen molar-refractivity contribution in [3.8, 4) is 16.9 Å². The maximum absolute atomic E-state index is 14.6. The van der Waals surface area contributed by atoms with Crippen molar-refractivity contribution in [1.29, 1.82) is 0 Å². The molecule has 1 atom stereocenters. The minimum atomic E-state index is -0.411. The Hall–Kier alpha value is -2.65. The molecule has 0 N–H and O–H groups in total. The average Bonchev–Trinajstić information content (AvgIpc) is 3.54. The second-order valence-electron chi connectivity index (χ2n) is 18.4. The smallest absolute Gasteiger partial charge is 0.123 e. The Morgan fingerprint density at radius 1 is 0.441 bits per heavy atom. The molecule has 0 saturated carbocycles. The van der Waals surface area contributed by atoms with Gasteiger partial charge < -0.3 is 9.47 Å². The summed E-state index contributed by atoms with van der Waals surface area (Å²) < 4.78 is 26.9. The molecule has 59 heavy (non-hydrogen) atoms. The zero-order chi connectivity index (χ0) is 41.6. The highest BCUT2D eigenvalue weighted by atomic mass is 19.1. The van der Waals surface area contributed by atoms with Crippen molar-refractivity contribution in [1.82, 2.24) is 0 Å². The highest BCUT2D eigenvalue weighted by Crippen LogP contribution is 2.57. The van der Waals surface area contributed by atoms with Crippen LogP contribution in [0, 0.1) is 11.7 Å². The van der Waals surface area contributed by atoms with Crippen LogP contribution < -0.4 is 4.74 Å². The normalized spacial score (nSPS) is 14.6. The molecule has 4 rings (SSSR count). The minimum Gasteiger partial charge on any atom is -0.494 e. The van der Waals surface area contributed by atoms with Crippen molar-refractivity contribution >= 4 is 0 Å². The molecule has 1 aliphatic rings. The number of hydrogen-bond donors (Lipinski definition) is 0. The van der Waals surface area contributed by atoms with Crippen LogP contribution in [0.2, 0.25) is 0 Å². The van der Waals surface area contributed by atoms with Gasteiger partial charge in [0.2, 0.25) is 0 Å². The number of fused-ring (bicyclic) bond motifs is 3. The summed E-state index contributed by atoms with van der Waals surface area (Å²) in [6.45, 7) is 9.46. The second kappa shape index (κ2) is 30.4. The van der Waals surface area contributed by atoms with Crippen molar-refractivity contribution in [2.45, 2.75) is 219 Å². The third-order valence-corrected chi connectivity index (χ3v) is 13.3. The highest BCUT2D eigenvalue weighted by Gasteiger charge is 2.47. The minimum absolute atomic E-state index is 0.187. The van der Waals surface area contributed by atoms with Crippen LogP contribution in [0.5, 0.6) is 5.75 Å². The van der Waals surface area contributed by atoms with E-state index in [1.54, 1.807) is 12.1 Å². The zero-order valence-electron chi connectivity index (χ0n) is 38.5. The Bertz CT molecular complexity index is 1500. The van der Waals surface area contributed by atoms with E-state index >= 15 is 0 Å². The molecule has 3 aromatic rings. The summed E-state index contributed by atoms with van der Waals surface area (Å²) in [5.74, 6) is 0.968. The second-order valence-corrected chi connectivity index (χ2v) is 18.4. The Kier molecular flexibility index (Phi) is 25.2. The van der Waals surface area contributed by atoms with Crippen LogP contribution in [-0.4, -0.2) is 19.8 Å². The first-order valence-corrected chi connectivity index (χ1v) is 25.3. The predicted molar refractivity (Wildman–Crippen MR) is 253 cm³/mol. The van der Waals surface area contributed by atoms with E-state index in [-0.39, 0.29) is 11.7 Å². The zero-order valence-corrected chi connectivity index (χ0v) is 38.5. The third kappa shape index (κ3) is 17.3. The Labute approximate surface area is 363 Å². The van der Waals surface area contributed by atoms with Crippen molar-refractivity contribution in [3.05, 3.63) is 89.2 Å². The van der Waals surface area contributed by atoms with E-state index < -0.39 is 5.41 Å². The molecule has 0 spiro atoms. The molecule has 3 heteroatoms. The lowest BCUT2D eigenvalue weighted by Gasteiger charge is -2.37. The summed E-state index contributed by atoms with van der Waals surface area (Å²) in [6.07, 6.45) is 41.5. The van der Waals surface area contributed by atoms with E-state index in [4.69, 9.17) is 9.47 Å². The summed E-state index contributed by atoms with van der Waals surface area (Å²) >= 11 is 0. The molecule has 2 nitrogen and oxygen atoms in total. The summed E-state index contributed by atoms with van der Waals surface area (Å²) in [5.41, 5.74) is 5.56. The standard InChI is InChI=1S/C56H87FO2/c1-4-5-6-7-8-9-10-11-12-13-14-15-16-17-18-19-22-25-28-33-43-58-44-34-29-26-23-20-21-24-27-30-35-45-59-51-41-42-53-52-39-31-32-40-54(52)56(48(2)3,55(53)47-51)49-37-36-38-50(57)46-49/h31-32,36-42,46-48H,4-30,33-35,43-45H2,1-3H3. The quantitative estimate of drug-likeness (QED) is 0.0540. The average molecular weight is 811 g/mol. The molecule has 0 fully saturated rings. The molecule has 0 aliphatic heterocycles. The SMILES string of the molecule is CCCCCCCCCCCCCCCCCCCCCCOCCCCCCCCCCCCOc1ccc2c(c1)C(c1cccc(F)c1)(C(C)C)c1ccccc1-2. The van der Waals surface area contributed by atoms with E-state index in [1.165, 1.54) is 208 Å². The maximum atomic E-state index is 14.6. The van der Waals surface area contributed by atoms with Gasteiger partial charge in [0.05, 0.1) is 6.61 Å². The van der Waals surface area contributed by atoms with Crippen molar-refractivity contribution in [2.24, 2.45) is 5.92 Å². The van der Waals surface area contributed by atoms with E-state index in [0.29, 0.717) is 0 Å².